The lowest BCUT2D eigenvalue weighted by atomic mass is 10.2. The smallest absolute Gasteiger partial charge is 0.418 e. The summed E-state index contributed by atoms with van der Waals surface area (Å²) in [5, 5.41) is 11.1. The topological polar surface area (TPSA) is 66.3 Å². The summed E-state index contributed by atoms with van der Waals surface area (Å²) in [4.78, 5) is 20.4. The van der Waals surface area contributed by atoms with Gasteiger partial charge in [0.1, 0.15) is 0 Å². The zero-order valence-electron chi connectivity index (χ0n) is 12.4. The van der Waals surface area contributed by atoms with Crippen LogP contribution in [0.2, 0.25) is 0 Å². The van der Waals surface area contributed by atoms with Gasteiger partial charge in [0.15, 0.2) is 5.13 Å². The molecule has 0 unspecified atom stereocenters. The summed E-state index contributed by atoms with van der Waals surface area (Å²) >= 11 is 1.02. The molecular weight excluding hydrogens is 355 g/mol. The minimum Gasteiger partial charge on any atom is -0.464 e. The normalized spacial score (nSPS) is 11.3. The molecule has 2 aromatic heterocycles. The number of alkyl halides is 3. The number of anilines is 2. The first-order valence-electron chi connectivity index (χ1n) is 6.92. The molecule has 0 aliphatic rings. The highest BCUT2D eigenvalue weighted by atomic mass is 32.1. The lowest BCUT2D eigenvalue weighted by Crippen LogP contribution is -2.24. The van der Waals surface area contributed by atoms with Crippen LogP contribution < -0.4 is 4.90 Å². The molecule has 0 bridgehead atoms. The lowest BCUT2D eigenvalue weighted by molar-refractivity contribution is -0.137. The van der Waals surface area contributed by atoms with Gasteiger partial charge in [-0.3, -0.25) is 4.98 Å². The molecule has 3 rings (SSSR count). The molecule has 9 heteroatoms. The maximum Gasteiger partial charge on any atom is 0.418 e. The fourth-order valence-electron chi connectivity index (χ4n) is 2.15. The van der Waals surface area contributed by atoms with Crippen LogP contribution >= 0.6 is 11.3 Å². The number of benzene rings is 1. The number of halogens is 3. The average Bonchev–Trinajstić information content (AvgIpc) is 3.04. The van der Waals surface area contributed by atoms with Gasteiger partial charge in [-0.15, -0.1) is 11.3 Å². The maximum absolute atomic E-state index is 12.9. The number of amides is 1. The largest absolute Gasteiger partial charge is 0.464 e. The molecule has 3 aromatic rings. The third kappa shape index (κ3) is 3.61. The molecule has 128 valence electrons. The molecule has 0 atom stereocenters. The van der Waals surface area contributed by atoms with Gasteiger partial charge in [-0.25, -0.2) is 14.7 Å². The number of thiazole rings is 1. The molecule has 0 radical (unpaired) electrons. The Kier molecular flexibility index (Phi) is 4.41. The van der Waals surface area contributed by atoms with E-state index in [1.165, 1.54) is 6.07 Å². The van der Waals surface area contributed by atoms with Gasteiger partial charge in [-0.1, -0.05) is 6.07 Å². The Balaban J connectivity index is 2.01. The molecule has 0 aliphatic heterocycles. The van der Waals surface area contributed by atoms with Gasteiger partial charge in [0.05, 0.1) is 16.9 Å². The van der Waals surface area contributed by atoms with Crippen LogP contribution in [-0.4, -0.2) is 21.2 Å². The molecule has 5 nitrogen and oxygen atoms in total. The van der Waals surface area contributed by atoms with Crippen LogP contribution in [0.1, 0.15) is 5.56 Å². The molecule has 0 saturated carbocycles. The first kappa shape index (κ1) is 16.9. The summed E-state index contributed by atoms with van der Waals surface area (Å²) in [6.45, 7) is 0. The van der Waals surface area contributed by atoms with Crippen molar-refractivity contribution in [1.82, 2.24) is 9.97 Å². The Hall–Kier alpha value is -2.94. The van der Waals surface area contributed by atoms with Crippen LogP contribution in [0, 0.1) is 0 Å². The molecular formula is C16H10F3N3O2S. The van der Waals surface area contributed by atoms with E-state index in [-0.39, 0.29) is 10.8 Å². The predicted molar refractivity (Wildman–Crippen MR) is 87.0 cm³/mol. The van der Waals surface area contributed by atoms with Crippen LogP contribution in [0.25, 0.3) is 11.3 Å². The number of hydrogen-bond donors (Lipinski definition) is 1. The molecule has 0 fully saturated rings. The number of nitrogens with zero attached hydrogens (tertiary/aromatic N) is 3. The summed E-state index contributed by atoms with van der Waals surface area (Å²) < 4.78 is 38.6. The maximum atomic E-state index is 12.9. The second kappa shape index (κ2) is 6.52. The molecule has 1 aromatic carbocycles. The molecule has 1 N–H and O–H groups in total. The van der Waals surface area contributed by atoms with Crippen LogP contribution in [0.4, 0.5) is 28.8 Å². The zero-order chi connectivity index (χ0) is 18.0. The summed E-state index contributed by atoms with van der Waals surface area (Å²) in [5.74, 6) is 0. The highest BCUT2D eigenvalue weighted by Crippen LogP contribution is 2.36. The van der Waals surface area contributed by atoms with E-state index in [4.69, 9.17) is 0 Å². The van der Waals surface area contributed by atoms with E-state index in [9.17, 15) is 23.1 Å². The van der Waals surface area contributed by atoms with Crippen LogP contribution in [0.3, 0.4) is 0 Å². The van der Waals surface area contributed by atoms with E-state index in [2.05, 4.69) is 9.97 Å². The molecule has 0 spiro atoms. The van der Waals surface area contributed by atoms with Crippen molar-refractivity contribution in [1.29, 1.82) is 0 Å². The first-order chi connectivity index (χ1) is 11.9. The second-order valence-electron chi connectivity index (χ2n) is 4.92. The molecule has 0 aliphatic carbocycles. The summed E-state index contributed by atoms with van der Waals surface area (Å²) in [5.41, 5.74) is 0.188. The van der Waals surface area contributed by atoms with Crippen molar-refractivity contribution in [3.8, 4) is 11.3 Å². The first-order valence-corrected chi connectivity index (χ1v) is 7.80. The number of carboxylic acid groups (broad SMARTS) is 1. The van der Waals surface area contributed by atoms with E-state index < -0.39 is 17.8 Å². The molecule has 25 heavy (non-hydrogen) atoms. The number of pyridine rings is 1. The van der Waals surface area contributed by atoms with E-state index in [1.807, 2.05) is 0 Å². The third-order valence-corrected chi connectivity index (χ3v) is 4.11. The van der Waals surface area contributed by atoms with Gasteiger partial charge in [-0.05, 0) is 30.3 Å². The monoisotopic (exact) mass is 365 g/mol. The minimum absolute atomic E-state index is 0.0543. The Morgan fingerprint density at radius 1 is 1.16 bits per heavy atom. The van der Waals surface area contributed by atoms with Gasteiger partial charge >= 0.3 is 12.3 Å². The Labute approximate surface area is 144 Å². The number of rotatable bonds is 3. The number of carbonyl (C=O) groups is 1. The van der Waals surface area contributed by atoms with Crippen molar-refractivity contribution < 1.29 is 23.1 Å². The van der Waals surface area contributed by atoms with Crippen molar-refractivity contribution in [2.45, 2.75) is 6.18 Å². The molecule has 2 heterocycles. The van der Waals surface area contributed by atoms with Gasteiger partial charge in [0.25, 0.3) is 0 Å². The molecule has 0 saturated heterocycles. The minimum atomic E-state index is -4.56. The van der Waals surface area contributed by atoms with E-state index in [1.54, 1.807) is 29.9 Å². The van der Waals surface area contributed by atoms with Gasteiger partial charge < -0.3 is 5.11 Å². The highest BCUT2D eigenvalue weighted by molar-refractivity contribution is 7.14. The molecule has 1 amide bonds. The van der Waals surface area contributed by atoms with Crippen LogP contribution in [0.15, 0.2) is 54.2 Å². The average molecular weight is 365 g/mol. The Morgan fingerprint density at radius 3 is 2.52 bits per heavy atom. The van der Waals surface area contributed by atoms with Crippen molar-refractivity contribution >= 4 is 28.2 Å². The number of aromatic nitrogens is 2. The van der Waals surface area contributed by atoms with E-state index in [0.29, 0.717) is 5.69 Å². The van der Waals surface area contributed by atoms with Crippen LogP contribution in [-0.2, 0) is 6.18 Å². The van der Waals surface area contributed by atoms with Crippen molar-refractivity contribution in [2.75, 3.05) is 4.90 Å². The quantitative estimate of drug-likeness (QED) is 0.706. The fraction of sp³-hybridized carbons (Fsp3) is 0.0625. The van der Waals surface area contributed by atoms with Crippen molar-refractivity contribution in [3.63, 3.8) is 0 Å². The Bertz CT molecular complexity index is 897. The fourth-order valence-corrected chi connectivity index (χ4v) is 2.99. The van der Waals surface area contributed by atoms with Crippen LogP contribution in [0.5, 0.6) is 0 Å². The van der Waals surface area contributed by atoms with Crippen molar-refractivity contribution in [3.05, 3.63) is 59.7 Å². The standard InChI is InChI=1S/C16H10F3N3O2S/c17-16(18,19)11-2-1-3-12(8-11)22(15(23)24)14-21-13(9-25-14)10-4-6-20-7-5-10/h1-9H,(H,23,24). The summed E-state index contributed by atoms with van der Waals surface area (Å²) in [6, 6.07) is 7.51. The SMILES string of the molecule is O=C(O)N(c1cccc(C(F)(F)F)c1)c1nc(-c2ccncc2)cs1. The van der Waals surface area contributed by atoms with Gasteiger partial charge in [-0.2, -0.15) is 13.2 Å². The lowest BCUT2D eigenvalue weighted by Gasteiger charge is -2.17. The van der Waals surface area contributed by atoms with E-state index >= 15 is 0 Å². The highest BCUT2D eigenvalue weighted by Gasteiger charge is 2.32. The van der Waals surface area contributed by atoms with Gasteiger partial charge in [0, 0.05) is 23.3 Å². The van der Waals surface area contributed by atoms with Gasteiger partial charge in [0.2, 0.25) is 0 Å². The second-order valence-corrected chi connectivity index (χ2v) is 5.75. The van der Waals surface area contributed by atoms with E-state index in [0.717, 1.165) is 40.0 Å². The van der Waals surface area contributed by atoms with Crippen molar-refractivity contribution in [2.24, 2.45) is 0 Å². The zero-order valence-corrected chi connectivity index (χ0v) is 13.3. The third-order valence-electron chi connectivity index (χ3n) is 3.28. The number of hydrogen-bond acceptors (Lipinski definition) is 4. The predicted octanol–water partition coefficient (Wildman–Crippen LogP) is 5.04. The summed E-state index contributed by atoms with van der Waals surface area (Å²) in [6.07, 6.45) is -2.85. The summed E-state index contributed by atoms with van der Waals surface area (Å²) in [7, 11) is 0. The Morgan fingerprint density at radius 2 is 1.88 bits per heavy atom.